The summed E-state index contributed by atoms with van der Waals surface area (Å²) in [5.74, 6) is 0.321. The first-order chi connectivity index (χ1) is 8.17. The molecule has 0 bridgehead atoms. The summed E-state index contributed by atoms with van der Waals surface area (Å²) in [6.45, 7) is 0.614. The van der Waals surface area contributed by atoms with Crippen molar-refractivity contribution >= 4 is 38.8 Å². The minimum absolute atomic E-state index is 0.00966. The largest absolute Gasteiger partial charge is 0.288 e. The van der Waals surface area contributed by atoms with Gasteiger partial charge in [0.1, 0.15) is 0 Å². The zero-order chi connectivity index (χ0) is 12.3. The number of alkyl halides is 1. The number of thioether (sulfide) groups is 1. The quantitative estimate of drug-likeness (QED) is 0.591. The van der Waals surface area contributed by atoms with Gasteiger partial charge in [-0.05, 0) is 18.3 Å². The number of carbonyl (C=O) groups excluding carboxylic acids is 2. The van der Waals surface area contributed by atoms with Gasteiger partial charge in [-0.15, -0.1) is 0 Å². The Bertz CT molecular complexity index is 298. The number of rotatable bonds is 3. The molecule has 0 aromatic rings. The van der Waals surface area contributed by atoms with Crippen molar-refractivity contribution in [1.29, 1.82) is 0 Å². The summed E-state index contributed by atoms with van der Waals surface area (Å²) >= 11 is 4.73. The van der Waals surface area contributed by atoms with Gasteiger partial charge in [-0.3, -0.25) is 14.5 Å². The summed E-state index contributed by atoms with van der Waals surface area (Å²) in [6, 6.07) is 0. The number of hydrogen-bond donors (Lipinski definition) is 0. The lowest BCUT2D eigenvalue weighted by atomic mass is 9.82. The van der Waals surface area contributed by atoms with E-state index < -0.39 is 0 Å². The summed E-state index contributed by atoms with van der Waals surface area (Å²) < 4.78 is 0. The number of nitrogens with zero attached hydrogens (tertiary/aromatic N) is 1. The average molecular weight is 320 g/mol. The van der Waals surface area contributed by atoms with Crippen LogP contribution in [0.1, 0.15) is 38.5 Å². The molecule has 0 atom stereocenters. The Morgan fingerprint density at radius 3 is 2.29 bits per heavy atom. The number of carbonyl (C=O) groups is 2. The lowest BCUT2D eigenvalue weighted by Gasteiger charge is -2.33. The van der Waals surface area contributed by atoms with Crippen molar-refractivity contribution in [3.8, 4) is 0 Å². The molecule has 17 heavy (non-hydrogen) atoms. The van der Waals surface area contributed by atoms with Crippen molar-refractivity contribution in [1.82, 2.24) is 4.90 Å². The van der Waals surface area contributed by atoms with Crippen molar-refractivity contribution in [3.05, 3.63) is 0 Å². The Hall–Kier alpha value is -0.0300. The molecule has 5 heteroatoms. The van der Waals surface area contributed by atoms with Gasteiger partial charge in [0.05, 0.1) is 5.75 Å². The molecule has 2 amide bonds. The fourth-order valence-corrected chi connectivity index (χ4v) is 4.14. The van der Waals surface area contributed by atoms with Crippen LogP contribution in [-0.4, -0.2) is 33.7 Å². The molecule has 1 heterocycles. The van der Waals surface area contributed by atoms with Gasteiger partial charge in [-0.25, -0.2) is 0 Å². The average Bonchev–Trinajstić information content (AvgIpc) is 2.58. The van der Waals surface area contributed by atoms with Crippen molar-refractivity contribution in [2.45, 2.75) is 38.5 Å². The van der Waals surface area contributed by atoms with E-state index in [0.29, 0.717) is 12.3 Å². The molecule has 96 valence electrons. The van der Waals surface area contributed by atoms with Crippen LogP contribution in [0, 0.1) is 5.41 Å². The smallest absolute Gasteiger partial charge is 0.273 e. The first-order valence-electron chi connectivity index (χ1n) is 6.20. The highest BCUT2D eigenvalue weighted by molar-refractivity contribution is 9.09. The van der Waals surface area contributed by atoms with Gasteiger partial charge in [0.15, 0.2) is 0 Å². The third-order valence-electron chi connectivity index (χ3n) is 3.78. The van der Waals surface area contributed by atoms with Gasteiger partial charge in [0.2, 0.25) is 5.91 Å². The van der Waals surface area contributed by atoms with E-state index in [1.807, 2.05) is 0 Å². The minimum Gasteiger partial charge on any atom is -0.273 e. The fraction of sp³-hybridized carbons (Fsp3) is 0.833. The Balaban J connectivity index is 2.07. The molecule has 0 aromatic carbocycles. The van der Waals surface area contributed by atoms with Gasteiger partial charge in [0.25, 0.3) is 5.24 Å². The maximum Gasteiger partial charge on any atom is 0.288 e. The SMILES string of the molecule is O=C1CSC(=O)N1CC1(CBr)CCCCCC1. The van der Waals surface area contributed by atoms with E-state index in [1.165, 1.54) is 30.6 Å². The molecule has 2 rings (SSSR count). The van der Waals surface area contributed by atoms with E-state index in [-0.39, 0.29) is 16.6 Å². The minimum atomic E-state index is -0.0560. The van der Waals surface area contributed by atoms with E-state index in [4.69, 9.17) is 0 Å². The predicted molar refractivity (Wildman–Crippen MR) is 73.5 cm³/mol. The summed E-state index contributed by atoms with van der Waals surface area (Å²) in [7, 11) is 0. The molecule has 2 aliphatic rings. The van der Waals surface area contributed by atoms with Crippen molar-refractivity contribution in [2.75, 3.05) is 17.6 Å². The van der Waals surface area contributed by atoms with Crippen LogP contribution in [0.15, 0.2) is 0 Å². The Labute approximate surface area is 115 Å². The van der Waals surface area contributed by atoms with E-state index >= 15 is 0 Å². The lowest BCUT2D eigenvalue weighted by Crippen LogP contribution is -2.41. The molecule has 2 fully saturated rings. The van der Waals surface area contributed by atoms with Crippen LogP contribution < -0.4 is 0 Å². The highest BCUT2D eigenvalue weighted by Gasteiger charge is 2.38. The predicted octanol–water partition coefficient (Wildman–Crippen LogP) is 3.42. The third kappa shape index (κ3) is 3.05. The zero-order valence-corrected chi connectivity index (χ0v) is 12.3. The standard InChI is InChI=1S/C12H18BrNO2S/c13-8-12(5-3-1-2-4-6-12)9-14-10(15)7-17-11(14)16/h1-9H2. The second kappa shape index (κ2) is 5.74. The topological polar surface area (TPSA) is 37.4 Å². The van der Waals surface area contributed by atoms with Crippen LogP contribution in [0.2, 0.25) is 0 Å². The van der Waals surface area contributed by atoms with Gasteiger partial charge < -0.3 is 0 Å². The van der Waals surface area contributed by atoms with Crippen LogP contribution in [0.4, 0.5) is 4.79 Å². The van der Waals surface area contributed by atoms with Gasteiger partial charge in [-0.1, -0.05) is 53.4 Å². The van der Waals surface area contributed by atoms with Crippen molar-refractivity contribution in [2.24, 2.45) is 5.41 Å². The second-order valence-corrected chi connectivity index (χ2v) is 6.57. The second-order valence-electron chi connectivity index (χ2n) is 5.08. The van der Waals surface area contributed by atoms with Crippen molar-refractivity contribution < 1.29 is 9.59 Å². The molecule has 1 aliphatic carbocycles. The molecule has 0 unspecified atom stereocenters. The lowest BCUT2D eigenvalue weighted by molar-refractivity contribution is -0.125. The van der Waals surface area contributed by atoms with Crippen LogP contribution in [0.3, 0.4) is 0 Å². The molecule has 3 nitrogen and oxygen atoms in total. The molecule has 0 aromatic heterocycles. The van der Waals surface area contributed by atoms with Gasteiger partial charge in [-0.2, -0.15) is 0 Å². The molecular formula is C12H18BrNO2S. The Morgan fingerprint density at radius 2 is 1.82 bits per heavy atom. The van der Waals surface area contributed by atoms with Crippen LogP contribution in [-0.2, 0) is 4.79 Å². The number of imide groups is 1. The number of hydrogen-bond acceptors (Lipinski definition) is 3. The van der Waals surface area contributed by atoms with Crippen LogP contribution in [0.5, 0.6) is 0 Å². The maximum absolute atomic E-state index is 11.7. The van der Waals surface area contributed by atoms with Gasteiger partial charge in [0, 0.05) is 11.9 Å². The summed E-state index contributed by atoms with van der Waals surface area (Å²) in [5.41, 5.74) is 0.118. The summed E-state index contributed by atoms with van der Waals surface area (Å²) in [6.07, 6.45) is 7.25. The summed E-state index contributed by atoms with van der Waals surface area (Å²) in [5, 5.41) is 0.835. The van der Waals surface area contributed by atoms with Gasteiger partial charge >= 0.3 is 0 Å². The van der Waals surface area contributed by atoms with Crippen LogP contribution >= 0.6 is 27.7 Å². The van der Waals surface area contributed by atoms with E-state index in [1.54, 1.807) is 0 Å². The third-order valence-corrected chi connectivity index (χ3v) is 5.83. The first kappa shape index (κ1) is 13.4. The van der Waals surface area contributed by atoms with E-state index in [9.17, 15) is 9.59 Å². The molecule has 0 N–H and O–H groups in total. The Kier molecular flexibility index (Phi) is 4.53. The first-order valence-corrected chi connectivity index (χ1v) is 8.31. The molecular weight excluding hydrogens is 302 g/mol. The fourth-order valence-electron chi connectivity index (χ4n) is 2.68. The number of halogens is 1. The normalized spacial score (nSPS) is 25.1. The highest BCUT2D eigenvalue weighted by atomic mass is 79.9. The van der Waals surface area contributed by atoms with E-state index in [2.05, 4.69) is 15.9 Å². The van der Waals surface area contributed by atoms with Crippen LogP contribution in [0.25, 0.3) is 0 Å². The highest BCUT2D eigenvalue weighted by Crippen LogP contribution is 2.38. The molecule has 0 radical (unpaired) electrons. The van der Waals surface area contributed by atoms with Crippen molar-refractivity contribution in [3.63, 3.8) is 0 Å². The Morgan fingerprint density at radius 1 is 1.18 bits per heavy atom. The summed E-state index contributed by atoms with van der Waals surface area (Å²) in [4.78, 5) is 24.8. The maximum atomic E-state index is 11.7. The zero-order valence-electron chi connectivity index (χ0n) is 9.91. The molecule has 1 saturated carbocycles. The molecule has 0 spiro atoms. The molecule has 1 saturated heterocycles. The monoisotopic (exact) mass is 319 g/mol. The number of amides is 2. The molecule has 1 aliphatic heterocycles. The van der Waals surface area contributed by atoms with E-state index in [0.717, 1.165) is 29.9 Å².